The first-order valence-electron chi connectivity index (χ1n) is 8.14. The van der Waals surface area contributed by atoms with Gasteiger partial charge in [0, 0.05) is 27.5 Å². The summed E-state index contributed by atoms with van der Waals surface area (Å²) in [6, 6.07) is 15.1. The summed E-state index contributed by atoms with van der Waals surface area (Å²) in [6.45, 7) is 1.97. The van der Waals surface area contributed by atoms with E-state index < -0.39 is 5.91 Å². The number of carbonyl (C=O) groups excluding carboxylic acids is 1. The number of benzene rings is 2. The number of methoxy groups -OCH3 is 1. The minimum Gasteiger partial charge on any atom is -0.493 e. The Morgan fingerprint density at radius 2 is 2.08 bits per heavy atom. The minimum atomic E-state index is -0.419. The van der Waals surface area contributed by atoms with Crippen LogP contribution >= 0.6 is 0 Å². The average molecular weight is 347 g/mol. The number of hydrazone groups is 1. The van der Waals surface area contributed by atoms with Crippen molar-refractivity contribution in [1.82, 2.24) is 10.4 Å². The van der Waals surface area contributed by atoms with Crippen LogP contribution in [0.15, 0.2) is 58.0 Å². The van der Waals surface area contributed by atoms with Crippen molar-refractivity contribution >= 4 is 34.0 Å². The molecule has 2 N–H and O–H groups in total. The second-order valence-electron chi connectivity index (χ2n) is 5.90. The lowest BCUT2D eigenvalue weighted by atomic mass is 10.1. The second-order valence-corrected chi connectivity index (χ2v) is 5.90. The molecule has 0 aliphatic rings. The van der Waals surface area contributed by atoms with Crippen molar-refractivity contribution < 1.29 is 13.9 Å². The molecule has 6 nitrogen and oxygen atoms in total. The van der Waals surface area contributed by atoms with Gasteiger partial charge in [0.25, 0.3) is 0 Å². The molecule has 0 saturated carbocycles. The highest BCUT2D eigenvalue weighted by Crippen LogP contribution is 2.28. The summed E-state index contributed by atoms with van der Waals surface area (Å²) >= 11 is 0. The van der Waals surface area contributed by atoms with Crippen molar-refractivity contribution in [3.8, 4) is 5.75 Å². The van der Waals surface area contributed by atoms with E-state index in [2.05, 4.69) is 15.5 Å². The number of nitrogens with zero attached hydrogens (tertiary/aromatic N) is 1. The lowest BCUT2D eigenvalue weighted by Crippen LogP contribution is -2.16. The summed E-state index contributed by atoms with van der Waals surface area (Å²) in [4.78, 5) is 15.6. The smallest absolute Gasteiger partial charge is 0.307 e. The van der Waals surface area contributed by atoms with Crippen LogP contribution in [0.3, 0.4) is 0 Å². The Morgan fingerprint density at radius 3 is 2.92 bits per heavy atom. The molecule has 0 aliphatic carbocycles. The summed E-state index contributed by atoms with van der Waals surface area (Å²) in [5.74, 6) is 0.341. The molecule has 4 rings (SSSR count). The molecule has 0 radical (unpaired) electrons. The summed E-state index contributed by atoms with van der Waals surface area (Å²) in [7, 11) is 1.56. The molecule has 2 aromatic heterocycles. The number of H-pyrrole nitrogens is 1. The van der Waals surface area contributed by atoms with Crippen molar-refractivity contribution in [3.05, 3.63) is 65.5 Å². The molecule has 4 aromatic rings. The fourth-order valence-corrected chi connectivity index (χ4v) is 2.98. The minimum absolute atomic E-state index is 0.178. The van der Waals surface area contributed by atoms with Gasteiger partial charge in [-0.3, -0.25) is 4.79 Å². The van der Waals surface area contributed by atoms with Crippen molar-refractivity contribution in [1.29, 1.82) is 0 Å². The lowest BCUT2D eigenvalue weighted by molar-refractivity contribution is 0.0929. The number of rotatable bonds is 4. The normalized spacial score (nSPS) is 11.5. The van der Waals surface area contributed by atoms with E-state index in [9.17, 15) is 4.79 Å². The molecule has 2 aromatic carbocycles. The van der Waals surface area contributed by atoms with E-state index in [1.54, 1.807) is 25.5 Å². The van der Waals surface area contributed by atoms with Crippen molar-refractivity contribution in [2.75, 3.05) is 7.11 Å². The highest BCUT2D eigenvalue weighted by molar-refractivity contribution is 6.02. The first-order valence-corrected chi connectivity index (χ1v) is 8.14. The third-order valence-corrected chi connectivity index (χ3v) is 4.25. The van der Waals surface area contributed by atoms with E-state index in [0.29, 0.717) is 11.3 Å². The third-order valence-electron chi connectivity index (χ3n) is 4.25. The molecule has 0 aliphatic heterocycles. The molecule has 6 heteroatoms. The second kappa shape index (κ2) is 6.40. The van der Waals surface area contributed by atoms with Gasteiger partial charge in [0.05, 0.1) is 13.3 Å². The Bertz CT molecular complexity index is 1140. The number of aromatic nitrogens is 1. The molecule has 0 bridgehead atoms. The van der Waals surface area contributed by atoms with Crippen LogP contribution in [0.1, 0.15) is 21.8 Å². The van der Waals surface area contributed by atoms with E-state index in [4.69, 9.17) is 9.15 Å². The van der Waals surface area contributed by atoms with Gasteiger partial charge < -0.3 is 14.1 Å². The number of amides is 1. The zero-order valence-electron chi connectivity index (χ0n) is 14.4. The van der Waals surface area contributed by atoms with Crippen molar-refractivity contribution in [3.63, 3.8) is 0 Å². The van der Waals surface area contributed by atoms with Gasteiger partial charge in [0.1, 0.15) is 0 Å². The van der Waals surface area contributed by atoms with Crippen LogP contribution in [-0.4, -0.2) is 24.2 Å². The predicted molar refractivity (Wildman–Crippen MR) is 101 cm³/mol. The van der Waals surface area contributed by atoms with Gasteiger partial charge in [-0.25, -0.2) is 5.43 Å². The third kappa shape index (κ3) is 2.71. The Labute approximate surface area is 149 Å². The zero-order chi connectivity index (χ0) is 18.1. The molecule has 0 atom stereocenters. The number of para-hydroxylation sites is 2. The van der Waals surface area contributed by atoms with Gasteiger partial charge in [-0.05, 0) is 25.1 Å². The molecule has 130 valence electrons. The molecular formula is C20H17N3O3. The number of fused-ring (bicyclic) bond motifs is 2. The summed E-state index contributed by atoms with van der Waals surface area (Å²) < 4.78 is 10.9. The Morgan fingerprint density at radius 1 is 1.23 bits per heavy atom. The first kappa shape index (κ1) is 16.0. The quantitative estimate of drug-likeness (QED) is 0.433. The average Bonchev–Trinajstić information content (AvgIpc) is 3.22. The van der Waals surface area contributed by atoms with Gasteiger partial charge in [-0.2, -0.15) is 5.10 Å². The van der Waals surface area contributed by atoms with Crippen LogP contribution in [0.4, 0.5) is 0 Å². The molecule has 26 heavy (non-hydrogen) atoms. The van der Waals surface area contributed by atoms with Crippen LogP contribution < -0.4 is 10.2 Å². The van der Waals surface area contributed by atoms with Crippen molar-refractivity contribution in [2.45, 2.75) is 6.92 Å². The Kier molecular flexibility index (Phi) is 3.93. The summed E-state index contributed by atoms with van der Waals surface area (Å²) in [5.41, 5.74) is 6.00. The highest BCUT2D eigenvalue weighted by Gasteiger charge is 2.14. The number of ether oxygens (including phenoxy) is 1. The molecular weight excluding hydrogens is 330 g/mol. The maximum Gasteiger partial charge on any atom is 0.307 e. The van der Waals surface area contributed by atoms with E-state index in [-0.39, 0.29) is 5.76 Å². The van der Waals surface area contributed by atoms with Crippen LogP contribution in [0.2, 0.25) is 0 Å². The maximum absolute atomic E-state index is 12.3. The van der Waals surface area contributed by atoms with Crippen molar-refractivity contribution in [2.24, 2.45) is 5.10 Å². The fraction of sp³-hybridized carbons (Fsp3) is 0.100. The first-order chi connectivity index (χ1) is 12.7. The van der Waals surface area contributed by atoms with Gasteiger partial charge in [-0.15, -0.1) is 0 Å². The van der Waals surface area contributed by atoms with Gasteiger partial charge in [0.2, 0.25) is 0 Å². The van der Waals surface area contributed by atoms with Crippen LogP contribution in [-0.2, 0) is 0 Å². The van der Waals surface area contributed by atoms with Gasteiger partial charge in [0.15, 0.2) is 17.1 Å². The molecule has 0 fully saturated rings. The van der Waals surface area contributed by atoms with Crippen LogP contribution in [0.5, 0.6) is 5.75 Å². The molecule has 2 heterocycles. The highest BCUT2D eigenvalue weighted by atomic mass is 16.5. The Hall–Kier alpha value is -3.54. The summed E-state index contributed by atoms with van der Waals surface area (Å²) in [6.07, 6.45) is 1.63. The largest absolute Gasteiger partial charge is 0.493 e. The number of nitrogens with one attached hydrogen (secondary N) is 2. The van der Waals surface area contributed by atoms with Crippen LogP contribution in [0.25, 0.3) is 21.9 Å². The zero-order valence-corrected chi connectivity index (χ0v) is 14.4. The molecule has 0 saturated heterocycles. The van der Waals surface area contributed by atoms with Gasteiger partial charge in [-0.1, -0.05) is 30.3 Å². The molecule has 0 spiro atoms. The number of hydrogen-bond donors (Lipinski definition) is 2. The number of aromatic amines is 1. The predicted octanol–water partition coefficient (Wildman–Crippen LogP) is 4.00. The number of aryl methyl sites for hydroxylation is 1. The fourth-order valence-electron chi connectivity index (χ4n) is 2.98. The maximum atomic E-state index is 12.3. The van der Waals surface area contributed by atoms with Crippen LogP contribution in [0, 0.1) is 6.92 Å². The van der Waals surface area contributed by atoms with Gasteiger partial charge >= 0.3 is 5.91 Å². The SMILES string of the molecule is COc1cccc2cc(C(=O)N/N=C\c3c(C)[nH]c4ccccc34)oc12. The number of carbonyl (C=O) groups is 1. The van der Waals surface area contributed by atoms with E-state index in [1.165, 1.54) is 0 Å². The summed E-state index contributed by atoms with van der Waals surface area (Å²) in [5, 5.41) is 5.93. The lowest BCUT2D eigenvalue weighted by Gasteiger charge is -1.98. The van der Waals surface area contributed by atoms with E-state index in [0.717, 1.165) is 27.5 Å². The number of furan rings is 1. The van der Waals surface area contributed by atoms with E-state index >= 15 is 0 Å². The topological polar surface area (TPSA) is 79.6 Å². The monoisotopic (exact) mass is 347 g/mol. The van der Waals surface area contributed by atoms with E-state index in [1.807, 2.05) is 43.3 Å². The Balaban J connectivity index is 1.57. The number of hydrogen-bond acceptors (Lipinski definition) is 4. The molecule has 0 unspecified atom stereocenters. The standard InChI is InChI=1S/C20H17N3O3/c1-12-15(14-7-3-4-8-16(14)22-12)11-21-23-20(24)18-10-13-6-5-9-17(25-2)19(13)26-18/h3-11,22H,1-2H3,(H,23,24)/b21-11-. The molecule has 1 amide bonds.